The molecular weight excluding hydrogens is 433 g/mol. The number of carbonyl (C=O) groups is 2. The quantitative estimate of drug-likeness (QED) is 0.658. The van der Waals surface area contributed by atoms with E-state index in [1.807, 2.05) is 0 Å². The molecule has 0 unspecified atom stereocenters. The van der Waals surface area contributed by atoms with Crippen LogP contribution in [0.1, 0.15) is 26.3 Å². The molecule has 0 aliphatic rings. The maximum absolute atomic E-state index is 12.7. The van der Waals surface area contributed by atoms with Gasteiger partial charge in [-0.05, 0) is 61.7 Å². The molecule has 0 bridgehead atoms. The lowest BCUT2D eigenvalue weighted by Gasteiger charge is -2.24. The number of hydrogen-bond donors (Lipinski definition) is 1. The molecule has 2 rings (SSSR count). The molecule has 11 heteroatoms. The maximum atomic E-state index is 12.7. The van der Waals surface area contributed by atoms with Crippen LogP contribution in [0.25, 0.3) is 0 Å². The van der Waals surface area contributed by atoms with Crippen LogP contribution in [0, 0.1) is 0 Å². The van der Waals surface area contributed by atoms with Gasteiger partial charge in [0.1, 0.15) is 17.4 Å². The van der Waals surface area contributed by atoms with Crippen LogP contribution < -0.4 is 10.1 Å². The van der Waals surface area contributed by atoms with E-state index >= 15 is 0 Å². The number of carbonyl (C=O) groups excluding carboxylic acids is 2. The van der Waals surface area contributed by atoms with E-state index in [9.17, 15) is 9.59 Å². The van der Waals surface area contributed by atoms with E-state index in [1.54, 1.807) is 59.1 Å². The first-order chi connectivity index (χ1) is 13.9. The van der Waals surface area contributed by atoms with Gasteiger partial charge in [0.15, 0.2) is 0 Å². The second-order valence-corrected chi connectivity index (χ2v) is 8.21. The van der Waals surface area contributed by atoms with E-state index in [0.717, 1.165) is 5.56 Å². The molecule has 0 radical (unpaired) electrons. The number of nitrogens with zero attached hydrogens (tertiary/aromatic N) is 4. The zero-order chi connectivity index (χ0) is 22.5. The zero-order valence-electron chi connectivity index (χ0n) is 17.3. The summed E-state index contributed by atoms with van der Waals surface area (Å²) in [5.74, 6) is -0.0686. The van der Waals surface area contributed by atoms with E-state index in [0.29, 0.717) is 5.75 Å². The minimum Gasteiger partial charge on any atom is -0.458 e. The van der Waals surface area contributed by atoms with E-state index in [-0.39, 0.29) is 22.9 Å². The van der Waals surface area contributed by atoms with Crippen molar-refractivity contribution in [2.45, 2.75) is 38.8 Å². The number of rotatable bonds is 6. The van der Waals surface area contributed by atoms with Gasteiger partial charge in [-0.3, -0.25) is 0 Å². The fourth-order valence-electron chi connectivity index (χ4n) is 2.23. The summed E-state index contributed by atoms with van der Waals surface area (Å²) in [5, 5.41) is 2.69. The first-order valence-electron chi connectivity index (χ1n) is 8.97. The SMILES string of the molecule is CN(C)C(=O)Oc1ccc(C[C@H](Nc2nc(Cl)nc(Cl)n2)C(=O)OC(C)(C)C)cc1. The van der Waals surface area contributed by atoms with Gasteiger partial charge in [0, 0.05) is 20.5 Å². The van der Waals surface area contributed by atoms with Crippen LogP contribution in [-0.2, 0) is 16.0 Å². The fourth-order valence-corrected chi connectivity index (χ4v) is 2.60. The summed E-state index contributed by atoms with van der Waals surface area (Å²) in [7, 11) is 3.18. The molecule has 0 fully saturated rings. The number of ether oxygens (including phenoxy) is 2. The van der Waals surface area contributed by atoms with Gasteiger partial charge in [0.05, 0.1) is 0 Å². The summed E-state index contributed by atoms with van der Waals surface area (Å²) in [6.07, 6.45) is -0.239. The highest BCUT2D eigenvalue weighted by Crippen LogP contribution is 2.18. The molecule has 2 aromatic rings. The fraction of sp³-hybridized carbons (Fsp3) is 0.421. The first kappa shape index (κ1) is 23.6. The lowest BCUT2D eigenvalue weighted by molar-refractivity contribution is -0.155. The summed E-state index contributed by atoms with van der Waals surface area (Å²) in [6, 6.07) is 5.93. The molecule has 30 heavy (non-hydrogen) atoms. The van der Waals surface area contributed by atoms with Gasteiger partial charge in [-0.1, -0.05) is 12.1 Å². The Bertz CT molecular complexity index is 881. The summed E-state index contributed by atoms with van der Waals surface area (Å²) in [5.41, 5.74) is 0.101. The van der Waals surface area contributed by atoms with Gasteiger partial charge in [-0.15, -0.1) is 0 Å². The van der Waals surface area contributed by atoms with Crippen LogP contribution in [0.15, 0.2) is 24.3 Å². The number of halogens is 2. The number of amides is 1. The Labute approximate surface area is 184 Å². The molecule has 0 saturated heterocycles. The molecule has 0 saturated carbocycles. The number of esters is 1. The molecule has 1 heterocycles. The molecule has 9 nitrogen and oxygen atoms in total. The van der Waals surface area contributed by atoms with E-state index in [4.69, 9.17) is 32.7 Å². The number of aromatic nitrogens is 3. The lowest BCUT2D eigenvalue weighted by atomic mass is 10.1. The Morgan fingerprint density at radius 2 is 1.63 bits per heavy atom. The van der Waals surface area contributed by atoms with Crippen LogP contribution in [0.5, 0.6) is 5.75 Å². The van der Waals surface area contributed by atoms with E-state index in [2.05, 4.69) is 20.3 Å². The summed E-state index contributed by atoms with van der Waals surface area (Å²) < 4.78 is 10.7. The number of anilines is 1. The summed E-state index contributed by atoms with van der Waals surface area (Å²) in [6.45, 7) is 5.31. The highest BCUT2D eigenvalue weighted by molar-refractivity contribution is 6.31. The van der Waals surface area contributed by atoms with Gasteiger partial charge in [-0.2, -0.15) is 15.0 Å². The Morgan fingerprint density at radius 1 is 1.07 bits per heavy atom. The average Bonchev–Trinajstić information content (AvgIpc) is 2.60. The van der Waals surface area contributed by atoms with Crippen molar-refractivity contribution in [1.29, 1.82) is 0 Å². The maximum Gasteiger partial charge on any atom is 0.414 e. The van der Waals surface area contributed by atoms with Gasteiger partial charge in [0.2, 0.25) is 16.5 Å². The third-order valence-electron chi connectivity index (χ3n) is 3.51. The normalized spacial score (nSPS) is 12.1. The average molecular weight is 456 g/mol. The van der Waals surface area contributed by atoms with Crippen molar-refractivity contribution in [3.63, 3.8) is 0 Å². The van der Waals surface area contributed by atoms with Gasteiger partial charge in [0.25, 0.3) is 0 Å². The van der Waals surface area contributed by atoms with Crippen LogP contribution in [0.2, 0.25) is 10.6 Å². The van der Waals surface area contributed by atoms with Crippen LogP contribution >= 0.6 is 23.2 Å². The van der Waals surface area contributed by atoms with Crippen molar-refractivity contribution >= 4 is 41.2 Å². The van der Waals surface area contributed by atoms with Crippen LogP contribution in [0.4, 0.5) is 10.7 Å². The molecule has 1 aromatic heterocycles. The molecule has 1 atom stereocenters. The Balaban J connectivity index is 2.19. The Hall–Kier alpha value is -2.65. The number of nitrogens with one attached hydrogen (secondary N) is 1. The van der Waals surface area contributed by atoms with Crippen molar-refractivity contribution in [1.82, 2.24) is 19.9 Å². The second-order valence-electron chi connectivity index (χ2n) is 7.54. The van der Waals surface area contributed by atoms with Crippen LogP contribution in [0.3, 0.4) is 0 Å². The third kappa shape index (κ3) is 7.64. The Morgan fingerprint density at radius 3 is 2.13 bits per heavy atom. The molecular formula is C19H23Cl2N5O4. The van der Waals surface area contributed by atoms with Gasteiger partial charge >= 0.3 is 12.1 Å². The van der Waals surface area contributed by atoms with Crippen molar-refractivity contribution in [2.24, 2.45) is 0 Å². The van der Waals surface area contributed by atoms with Crippen molar-refractivity contribution in [3.8, 4) is 5.75 Å². The highest BCUT2D eigenvalue weighted by atomic mass is 35.5. The summed E-state index contributed by atoms with van der Waals surface area (Å²) in [4.78, 5) is 37.2. The zero-order valence-corrected chi connectivity index (χ0v) is 18.8. The second kappa shape index (κ2) is 9.90. The number of hydrogen-bond acceptors (Lipinski definition) is 8. The predicted molar refractivity (Wildman–Crippen MR) is 113 cm³/mol. The minimum absolute atomic E-state index is 0.0485. The molecule has 1 N–H and O–H groups in total. The molecule has 1 aromatic carbocycles. The monoisotopic (exact) mass is 455 g/mol. The van der Waals surface area contributed by atoms with Gasteiger partial charge in [-0.25, -0.2) is 9.59 Å². The number of benzene rings is 1. The Kier molecular flexibility index (Phi) is 7.80. The molecule has 162 valence electrons. The largest absolute Gasteiger partial charge is 0.458 e. The molecule has 0 spiro atoms. The van der Waals surface area contributed by atoms with Crippen molar-refractivity contribution in [2.75, 3.05) is 19.4 Å². The van der Waals surface area contributed by atoms with E-state index in [1.165, 1.54) is 4.90 Å². The van der Waals surface area contributed by atoms with E-state index < -0.39 is 23.7 Å². The predicted octanol–water partition coefficient (Wildman–Crippen LogP) is 3.60. The smallest absolute Gasteiger partial charge is 0.414 e. The molecule has 1 amide bonds. The first-order valence-corrected chi connectivity index (χ1v) is 9.73. The van der Waals surface area contributed by atoms with Gasteiger partial charge < -0.3 is 19.7 Å². The van der Waals surface area contributed by atoms with Crippen molar-refractivity contribution in [3.05, 3.63) is 40.4 Å². The standard InChI is InChI=1S/C19H23Cl2N5O4/c1-19(2,3)30-14(27)13(22-17-24-15(20)23-16(21)25-17)10-11-6-8-12(9-7-11)29-18(28)26(4)5/h6-9,13H,10H2,1-5H3,(H,22,23,24,25)/t13-/m0/s1. The summed E-state index contributed by atoms with van der Waals surface area (Å²) >= 11 is 11.6. The topological polar surface area (TPSA) is 107 Å². The molecule has 0 aliphatic carbocycles. The third-order valence-corrected chi connectivity index (χ3v) is 3.85. The highest BCUT2D eigenvalue weighted by Gasteiger charge is 2.26. The minimum atomic E-state index is -0.825. The molecule has 0 aliphatic heterocycles. The van der Waals surface area contributed by atoms with Crippen LogP contribution in [-0.4, -0.2) is 57.7 Å². The lowest BCUT2D eigenvalue weighted by Crippen LogP contribution is -2.38. The van der Waals surface area contributed by atoms with Crippen molar-refractivity contribution < 1.29 is 19.1 Å².